The van der Waals surface area contributed by atoms with Crippen molar-refractivity contribution in [2.45, 2.75) is 68.7 Å². The van der Waals surface area contributed by atoms with Gasteiger partial charge in [0.15, 0.2) is 0 Å². The summed E-state index contributed by atoms with van der Waals surface area (Å²) >= 11 is 1.58. The molecule has 7 atom stereocenters. The highest BCUT2D eigenvalue weighted by molar-refractivity contribution is 8.02. The number of rotatable bonds is 5. The Kier molecular flexibility index (Phi) is 7.01. The fraction of sp³-hybridized carbons (Fsp3) is 0.567. The minimum absolute atomic E-state index is 0.00529. The molecule has 3 amide bonds. The standard InChI is InChI=1S/C30H39N3O4S/c1-6-19(2)21(18-34)33-25-28(37)32(29(3,4)5)17-11-15-30(25)24(27(33)36)23-22(38-30)14-10-16-31(26(23)35)20-12-8-7-9-13-20/h7-15,19,21-25,34H,6,16-18H2,1-5H3/t19-,21-,22-,23+,24-,25?,30-/m0/s1. The van der Waals surface area contributed by atoms with Crippen LogP contribution >= 0.6 is 11.8 Å². The zero-order chi connectivity index (χ0) is 27.4. The van der Waals surface area contributed by atoms with E-state index >= 15 is 0 Å². The Morgan fingerprint density at radius 2 is 1.76 bits per heavy atom. The van der Waals surface area contributed by atoms with Crippen LogP contribution in [0.25, 0.3) is 0 Å². The number of carbonyl (C=O) groups is 3. The molecule has 0 aromatic heterocycles. The molecule has 1 spiro atoms. The summed E-state index contributed by atoms with van der Waals surface area (Å²) in [4.78, 5) is 48.5. The van der Waals surface area contributed by atoms with Gasteiger partial charge in [0.25, 0.3) is 0 Å². The third kappa shape index (κ3) is 4.02. The monoisotopic (exact) mass is 537 g/mol. The predicted molar refractivity (Wildman–Crippen MR) is 151 cm³/mol. The van der Waals surface area contributed by atoms with Gasteiger partial charge in [-0.3, -0.25) is 14.4 Å². The second-order valence-corrected chi connectivity index (χ2v) is 13.4. The van der Waals surface area contributed by atoms with E-state index < -0.39 is 34.2 Å². The van der Waals surface area contributed by atoms with E-state index in [0.717, 1.165) is 12.1 Å². The van der Waals surface area contributed by atoms with E-state index in [2.05, 4.69) is 6.08 Å². The number of aliphatic hydroxyl groups is 1. The summed E-state index contributed by atoms with van der Waals surface area (Å²) in [6.45, 7) is 10.7. The maximum Gasteiger partial charge on any atom is 0.247 e. The number of nitrogens with zero attached hydrogens (tertiary/aromatic N) is 3. The van der Waals surface area contributed by atoms with E-state index in [1.165, 1.54) is 0 Å². The highest BCUT2D eigenvalue weighted by Gasteiger charge is 2.72. The molecule has 38 heavy (non-hydrogen) atoms. The lowest BCUT2D eigenvalue weighted by molar-refractivity contribution is -0.149. The van der Waals surface area contributed by atoms with Crippen molar-refractivity contribution in [2.75, 3.05) is 24.6 Å². The molecule has 4 heterocycles. The molecular formula is C30H39N3O4S. The Morgan fingerprint density at radius 3 is 2.39 bits per heavy atom. The molecule has 0 bridgehead atoms. The first kappa shape index (κ1) is 27.0. The van der Waals surface area contributed by atoms with E-state index in [0.29, 0.717) is 13.1 Å². The molecule has 0 saturated carbocycles. The van der Waals surface area contributed by atoms with Crippen LogP contribution in [0.5, 0.6) is 0 Å². The lowest BCUT2D eigenvalue weighted by Crippen LogP contribution is -2.60. The number of benzene rings is 1. The van der Waals surface area contributed by atoms with Crippen molar-refractivity contribution in [3.63, 3.8) is 0 Å². The van der Waals surface area contributed by atoms with Gasteiger partial charge in [-0.25, -0.2) is 0 Å². The largest absolute Gasteiger partial charge is 0.394 e. The Balaban J connectivity index is 1.65. The van der Waals surface area contributed by atoms with Gasteiger partial charge in [-0.15, -0.1) is 11.8 Å². The summed E-state index contributed by atoms with van der Waals surface area (Å²) in [5, 5.41) is 10.3. The van der Waals surface area contributed by atoms with Crippen LogP contribution in [0.2, 0.25) is 0 Å². The Labute approximate surface area is 229 Å². The van der Waals surface area contributed by atoms with Gasteiger partial charge < -0.3 is 19.8 Å². The normalized spacial score (nSPS) is 32.6. The summed E-state index contributed by atoms with van der Waals surface area (Å²) in [6.07, 6.45) is 8.88. The third-order valence-electron chi connectivity index (χ3n) is 8.82. The molecule has 1 aromatic rings. The summed E-state index contributed by atoms with van der Waals surface area (Å²) in [7, 11) is 0. The number of hydrogen-bond acceptors (Lipinski definition) is 5. The molecule has 7 nitrogen and oxygen atoms in total. The molecule has 8 heteroatoms. The van der Waals surface area contributed by atoms with Crippen LogP contribution < -0.4 is 4.90 Å². The van der Waals surface area contributed by atoms with Crippen molar-refractivity contribution < 1.29 is 19.5 Å². The van der Waals surface area contributed by atoms with Crippen LogP contribution in [0.4, 0.5) is 5.69 Å². The molecule has 2 saturated heterocycles. The summed E-state index contributed by atoms with van der Waals surface area (Å²) < 4.78 is -0.885. The van der Waals surface area contributed by atoms with E-state index in [-0.39, 0.29) is 35.5 Å². The number of aliphatic hydroxyl groups excluding tert-OH is 1. The zero-order valence-electron chi connectivity index (χ0n) is 22.9. The number of carbonyl (C=O) groups excluding carboxylic acids is 3. The second kappa shape index (κ2) is 9.87. The van der Waals surface area contributed by atoms with Crippen LogP contribution in [0.3, 0.4) is 0 Å². The fourth-order valence-electron chi connectivity index (χ4n) is 6.69. The number of amides is 3. The number of fused-ring (bicyclic) bond motifs is 2. The van der Waals surface area contributed by atoms with E-state index in [1.807, 2.05) is 88.1 Å². The van der Waals surface area contributed by atoms with Crippen molar-refractivity contribution in [2.24, 2.45) is 17.8 Å². The van der Waals surface area contributed by atoms with Crippen LogP contribution in [-0.4, -0.2) is 79.9 Å². The van der Waals surface area contributed by atoms with Crippen molar-refractivity contribution >= 4 is 35.2 Å². The molecule has 4 aliphatic heterocycles. The first-order valence-corrected chi connectivity index (χ1v) is 14.6. The Hall–Kier alpha value is -2.58. The number of anilines is 1. The summed E-state index contributed by atoms with van der Waals surface area (Å²) in [6, 6.07) is 8.27. The molecule has 1 unspecified atom stereocenters. The Bertz CT molecular complexity index is 1160. The number of hydrogen-bond donors (Lipinski definition) is 1. The summed E-state index contributed by atoms with van der Waals surface area (Å²) in [5.41, 5.74) is 0.352. The Morgan fingerprint density at radius 1 is 1.05 bits per heavy atom. The first-order chi connectivity index (χ1) is 18.1. The average molecular weight is 538 g/mol. The third-order valence-corrected chi connectivity index (χ3v) is 10.6. The van der Waals surface area contributed by atoms with Crippen molar-refractivity contribution in [1.82, 2.24) is 9.80 Å². The predicted octanol–water partition coefficient (Wildman–Crippen LogP) is 3.49. The fourth-order valence-corrected chi connectivity index (χ4v) is 8.68. The number of likely N-dealkylation sites (tertiary alicyclic amines) is 1. The molecule has 0 aliphatic carbocycles. The molecule has 0 radical (unpaired) electrons. The van der Waals surface area contributed by atoms with Gasteiger partial charge in [0, 0.05) is 29.6 Å². The molecule has 1 aromatic carbocycles. The first-order valence-electron chi connectivity index (χ1n) is 13.7. The molecule has 4 aliphatic rings. The van der Waals surface area contributed by atoms with Crippen LogP contribution in [0, 0.1) is 17.8 Å². The number of para-hydroxylation sites is 1. The maximum absolute atomic E-state index is 14.5. The average Bonchev–Trinajstić information content (AvgIpc) is 3.19. The second-order valence-electron chi connectivity index (χ2n) is 12.0. The molecule has 2 fully saturated rings. The van der Waals surface area contributed by atoms with Crippen molar-refractivity contribution in [1.29, 1.82) is 0 Å². The minimum Gasteiger partial charge on any atom is -0.394 e. The highest BCUT2D eigenvalue weighted by Crippen LogP contribution is 2.61. The van der Waals surface area contributed by atoms with E-state index in [4.69, 9.17) is 0 Å². The van der Waals surface area contributed by atoms with E-state index in [1.54, 1.807) is 21.6 Å². The van der Waals surface area contributed by atoms with Gasteiger partial charge in [0.1, 0.15) is 6.04 Å². The van der Waals surface area contributed by atoms with Gasteiger partial charge in [-0.05, 0) is 38.8 Å². The van der Waals surface area contributed by atoms with Crippen molar-refractivity contribution in [3.8, 4) is 0 Å². The topological polar surface area (TPSA) is 81.2 Å². The van der Waals surface area contributed by atoms with Crippen LogP contribution in [0.15, 0.2) is 54.6 Å². The lowest BCUT2D eigenvalue weighted by atomic mass is 9.78. The minimum atomic E-state index is -0.885. The molecular weight excluding hydrogens is 498 g/mol. The van der Waals surface area contributed by atoms with E-state index in [9.17, 15) is 19.5 Å². The SMILES string of the molecule is CC[C@H](C)[C@H](CO)N1C(=O)[C@@H]2[C@@H]3C(=O)N(c4ccccc4)CC=C[C@@H]3S[C@@]23C=CCN(C(C)(C)C)C(=O)C13. The molecule has 5 rings (SSSR count). The zero-order valence-corrected chi connectivity index (χ0v) is 23.7. The quantitative estimate of drug-likeness (QED) is 0.582. The molecule has 1 N–H and O–H groups in total. The highest BCUT2D eigenvalue weighted by atomic mass is 32.2. The van der Waals surface area contributed by atoms with Crippen LogP contribution in [-0.2, 0) is 14.4 Å². The van der Waals surface area contributed by atoms with Gasteiger partial charge in [-0.1, -0.05) is 62.8 Å². The van der Waals surface area contributed by atoms with Gasteiger partial charge in [0.2, 0.25) is 17.7 Å². The van der Waals surface area contributed by atoms with Crippen molar-refractivity contribution in [3.05, 3.63) is 54.6 Å². The van der Waals surface area contributed by atoms with Gasteiger partial charge in [0.05, 0.1) is 29.2 Å². The molecule has 204 valence electrons. The lowest BCUT2D eigenvalue weighted by Gasteiger charge is -2.43. The van der Waals surface area contributed by atoms with Gasteiger partial charge in [-0.2, -0.15) is 0 Å². The van der Waals surface area contributed by atoms with Crippen LogP contribution in [0.1, 0.15) is 41.0 Å². The number of thioether (sulfide) groups is 1. The smallest absolute Gasteiger partial charge is 0.247 e. The maximum atomic E-state index is 14.5. The summed E-state index contributed by atoms with van der Waals surface area (Å²) in [5.74, 6) is -1.69. The van der Waals surface area contributed by atoms with Gasteiger partial charge >= 0.3 is 0 Å².